The van der Waals surface area contributed by atoms with Crippen LogP contribution in [0.15, 0.2) is 60.9 Å². The molecule has 0 N–H and O–H groups in total. The molecule has 2 heterocycles. The van der Waals surface area contributed by atoms with E-state index in [2.05, 4.69) is 81.8 Å². The van der Waals surface area contributed by atoms with E-state index in [4.69, 9.17) is 0 Å². The van der Waals surface area contributed by atoms with Gasteiger partial charge in [-0.1, -0.05) is 18.2 Å². The summed E-state index contributed by atoms with van der Waals surface area (Å²) in [7, 11) is 0. The van der Waals surface area contributed by atoms with Crippen molar-refractivity contribution in [3.63, 3.8) is 0 Å². The molecule has 0 bridgehead atoms. The zero-order valence-electron chi connectivity index (χ0n) is 8.60. The van der Waals surface area contributed by atoms with Gasteiger partial charge in [0.15, 0.2) is 0 Å². The standard InChI is InChI=1S/C14H10IN/c15-13-6-4-11(5-7-13)12-9-14-3-1-2-8-16(14)10-12/h1-10H. The second-order valence-electron chi connectivity index (χ2n) is 3.77. The molecule has 16 heavy (non-hydrogen) atoms. The lowest BCUT2D eigenvalue weighted by Crippen LogP contribution is -1.77. The highest BCUT2D eigenvalue weighted by Gasteiger charge is 2.01. The van der Waals surface area contributed by atoms with Gasteiger partial charge in [-0.2, -0.15) is 0 Å². The van der Waals surface area contributed by atoms with Gasteiger partial charge in [-0.05, 0) is 58.5 Å². The van der Waals surface area contributed by atoms with Gasteiger partial charge in [-0.3, -0.25) is 0 Å². The van der Waals surface area contributed by atoms with Crippen LogP contribution in [0.3, 0.4) is 0 Å². The molecule has 0 atom stereocenters. The number of hydrogen-bond donors (Lipinski definition) is 0. The van der Waals surface area contributed by atoms with Crippen LogP contribution in [-0.2, 0) is 0 Å². The van der Waals surface area contributed by atoms with Crippen molar-refractivity contribution < 1.29 is 0 Å². The van der Waals surface area contributed by atoms with Gasteiger partial charge in [-0.25, -0.2) is 0 Å². The van der Waals surface area contributed by atoms with Gasteiger partial charge < -0.3 is 4.40 Å². The molecule has 0 aliphatic carbocycles. The highest BCUT2D eigenvalue weighted by molar-refractivity contribution is 14.1. The van der Waals surface area contributed by atoms with Crippen LogP contribution in [-0.4, -0.2) is 4.40 Å². The first-order valence-electron chi connectivity index (χ1n) is 5.16. The Bertz CT molecular complexity index is 590. The minimum Gasteiger partial charge on any atom is -0.323 e. The molecule has 0 amide bonds. The second-order valence-corrected chi connectivity index (χ2v) is 5.01. The third-order valence-electron chi connectivity index (χ3n) is 2.68. The zero-order valence-corrected chi connectivity index (χ0v) is 10.8. The van der Waals surface area contributed by atoms with Crippen molar-refractivity contribution in [2.45, 2.75) is 0 Å². The van der Waals surface area contributed by atoms with Gasteiger partial charge in [-0.15, -0.1) is 0 Å². The van der Waals surface area contributed by atoms with E-state index in [0.29, 0.717) is 0 Å². The van der Waals surface area contributed by atoms with Gasteiger partial charge >= 0.3 is 0 Å². The molecule has 0 aliphatic rings. The fourth-order valence-electron chi connectivity index (χ4n) is 1.86. The molecule has 1 aromatic carbocycles. The van der Waals surface area contributed by atoms with E-state index in [1.165, 1.54) is 20.2 Å². The summed E-state index contributed by atoms with van der Waals surface area (Å²) in [4.78, 5) is 0. The Morgan fingerprint density at radius 1 is 0.875 bits per heavy atom. The molecule has 0 saturated heterocycles. The van der Waals surface area contributed by atoms with Gasteiger partial charge in [0, 0.05) is 27.0 Å². The molecule has 2 heteroatoms. The average Bonchev–Trinajstić information content (AvgIpc) is 2.73. The summed E-state index contributed by atoms with van der Waals surface area (Å²) in [5, 5.41) is 0. The Labute approximate surface area is 108 Å². The number of halogens is 1. The lowest BCUT2D eigenvalue weighted by atomic mass is 10.1. The maximum absolute atomic E-state index is 2.32. The number of rotatable bonds is 1. The van der Waals surface area contributed by atoms with Crippen molar-refractivity contribution >= 4 is 28.1 Å². The molecule has 2 aromatic heterocycles. The Hall–Kier alpha value is -1.29. The number of aromatic nitrogens is 1. The highest BCUT2D eigenvalue weighted by Crippen LogP contribution is 2.23. The Morgan fingerprint density at radius 2 is 1.69 bits per heavy atom. The molecule has 0 fully saturated rings. The predicted molar refractivity (Wildman–Crippen MR) is 75.6 cm³/mol. The van der Waals surface area contributed by atoms with E-state index >= 15 is 0 Å². The Balaban J connectivity index is 2.15. The third-order valence-corrected chi connectivity index (χ3v) is 3.40. The summed E-state index contributed by atoms with van der Waals surface area (Å²) < 4.78 is 3.41. The Kier molecular flexibility index (Phi) is 2.44. The lowest BCUT2D eigenvalue weighted by Gasteiger charge is -1.96. The van der Waals surface area contributed by atoms with Crippen molar-refractivity contribution in [3.05, 3.63) is 64.5 Å². The van der Waals surface area contributed by atoms with Crippen LogP contribution in [0.1, 0.15) is 0 Å². The van der Waals surface area contributed by atoms with E-state index in [0.717, 1.165) is 0 Å². The van der Waals surface area contributed by atoms with Crippen LogP contribution < -0.4 is 0 Å². The van der Waals surface area contributed by atoms with Crippen molar-refractivity contribution in [2.75, 3.05) is 0 Å². The van der Waals surface area contributed by atoms with E-state index in [1.54, 1.807) is 0 Å². The molecule has 0 unspecified atom stereocenters. The van der Waals surface area contributed by atoms with Crippen LogP contribution in [0.5, 0.6) is 0 Å². The van der Waals surface area contributed by atoms with E-state index in [1.807, 2.05) is 6.07 Å². The number of pyridine rings is 1. The number of nitrogens with zero attached hydrogens (tertiary/aromatic N) is 1. The molecule has 0 saturated carbocycles. The van der Waals surface area contributed by atoms with E-state index < -0.39 is 0 Å². The summed E-state index contributed by atoms with van der Waals surface area (Å²) in [5.41, 5.74) is 3.77. The van der Waals surface area contributed by atoms with Crippen molar-refractivity contribution in [1.82, 2.24) is 4.40 Å². The normalized spacial score (nSPS) is 10.8. The van der Waals surface area contributed by atoms with E-state index in [9.17, 15) is 0 Å². The number of fused-ring (bicyclic) bond motifs is 1. The summed E-state index contributed by atoms with van der Waals surface area (Å²) in [6.07, 6.45) is 4.24. The van der Waals surface area contributed by atoms with Crippen LogP contribution in [0.2, 0.25) is 0 Å². The molecule has 0 spiro atoms. The van der Waals surface area contributed by atoms with Crippen LogP contribution in [0.25, 0.3) is 16.6 Å². The molecule has 0 aliphatic heterocycles. The van der Waals surface area contributed by atoms with Gasteiger partial charge in [0.05, 0.1) is 0 Å². The summed E-state index contributed by atoms with van der Waals surface area (Å²) in [6, 6.07) is 17.0. The fourth-order valence-corrected chi connectivity index (χ4v) is 2.22. The van der Waals surface area contributed by atoms with Crippen molar-refractivity contribution in [2.24, 2.45) is 0 Å². The molecular formula is C14H10IN. The molecular weight excluding hydrogens is 309 g/mol. The lowest BCUT2D eigenvalue weighted by molar-refractivity contribution is 1.20. The first-order valence-corrected chi connectivity index (χ1v) is 6.23. The van der Waals surface area contributed by atoms with E-state index in [-0.39, 0.29) is 0 Å². The van der Waals surface area contributed by atoms with Crippen LogP contribution >= 0.6 is 22.6 Å². The largest absolute Gasteiger partial charge is 0.323 e. The smallest absolute Gasteiger partial charge is 0.0456 e. The summed E-state index contributed by atoms with van der Waals surface area (Å²) in [5.74, 6) is 0. The SMILES string of the molecule is Ic1ccc(-c2cc3ccccn3c2)cc1. The molecule has 78 valence electrons. The molecule has 3 rings (SSSR count). The van der Waals surface area contributed by atoms with Crippen LogP contribution in [0.4, 0.5) is 0 Å². The van der Waals surface area contributed by atoms with Crippen molar-refractivity contribution in [1.29, 1.82) is 0 Å². The maximum atomic E-state index is 2.32. The monoisotopic (exact) mass is 319 g/mol. The summed E-state index contributed by atoms with van der Waals surface area (Å²) >= 11 is 2.32. The quantitative estimate of drug-likeness (QED) is 0.592. The second kappa shape index (κ2) is 3.94. The van der Waals surface area contributed by atoms with Crippen molar-refractivity contribution in [3.8, 4) is 11.1 Å². The Morgan fingerprint density at radius 3 is 2.44 bits per heavy atom. The first-order chi connectivity index (χ1) is 7.83. The fraction of sp³-hybridized carbons (Fsp3) is 0. The van der Waals surface area contributed by atoms with Gasteiger partial charge in [0.2, 0.25) is 0 Å². The zero-order chi connectivity index (χ0) is 11.0. The maximum Gasteiger partial charge on any atom is 0.0456 e. The molecule has 3 aromatic rings. The minimum absolute atomic E-state index is 1.23. The number of benzene rings is 1. The van der Waals surface area contributed by atoms with Gasteiger partial charge in [0.1, 0.15) is 0 Å². The molecule has 1 nitrogen and oxygen atoms in total. The minimum atomic E-state index is 1.23. The molecule has 0 radical (unpaired) electrons. The van der Waals surface area contributed by atoms with Gasteiger partial charge in [0.25, 0.3) is 0 Å². The first kappa shape index (κ1) is 9.90. The van der Waals surface area contributed by atoms with Crippen LogP contribution in [0, 0.1) is 3.57 Å². The summed E-state index contributed by atoms with van der Waals surface area (Å²) in [6.45, 7) is 0. The average molecular weight is 319 g/mol. The highest BCUT2D eigenvalue weighted by atomic mass is 127. The number of hydrogen-bond acceptors (Lipinski definition) is 0. The topological polar surface area (TPSA) is 4.41 Å². The predicted octanol–water partition coefficient (Wildman–Crippen LogP) is 4.21. The third kappa shape index (κ3) is 1.73.